The summed E-state index contributed by atoms with van der Waals surface area (Å²) in [7, 11) is 0. The Bertz CT molecular complexity index is 546. The molecule has 0 radical (unpaired) electrons. The number of nitrogens with one attached hydrogen (secondary N) is 1. The first-order chi connectivity index (χ1) is 11.9. The van der Waals surface area contributed by atoms with E-state index in [0.29, 0.717) is 18.4 Å². The topological polar surface area (TPSA) is 75.7 Å². The fourth-order valence-electron chi connectivity index (χ4n) is 4.07. The standard InChI is InChI=1S/C19H30N2O4/c1-11-5-4-6-16(12(11)2)21-10-14(9-17(21)22)19(24)25-13(3)18(23)20-15-7-8-15/h11-16H,4-10H2,1-3H3,(H,20,23)/t11-,12+,13-,14+,16+/m0/s1. The van der Waals surface area contributed by atoms with Crippen LogP contribution in [-0.2, 0) is 19.1 Å². The molecule has 25 heavy (non-hydrogen) atoms. The number of esters is 1. The first-order valence-electron chi connectivity index (χ1n) is 9.67. The lowest BCUT2D eigenvalue weighted by molar-refractivity contribution is -0.158. The summed E-state index contributed by atoms with van der Waals surface area (Å²) in [6.45, 7) is 6.46. The van der Waals surface area contributed by atoms with Crippen LogP contribution >= 0.6 is 0 Å². The minimum atomic E-state index is -0.800. The first kappa shape index (κ1) is 18.2. The van der Waals surface area contributed by atoms with Gasteiger partial charge in [-0.25, -0.2) is 0 Å². The van der Waals surface area contributed by atoms with Crippen LogP contribution in [0.2, 0.25) is 0 Å². The van der Waals surface area contributed by atoms with Crippen LogP contribution in [0, 0.1) is 17.8 Å². The lowest BCUT2D eigenvalue weighted by Gasteiger charge is -2.39. The Morgan fingerprint density at radius 2 is 1.92 bits per heavy atom. The quantitative estimate of drug-likeness (QED) is 0.768. The molecule has 0 unspecified atom stereocenters. The van der Waals surface area contributed by atoms with Gasteiger partial charge >= 0.3 is 5.97 Å². The Morgan fingerprint density at radius 1 is 1.20 bits per heavy atom. The number of hydrogen-bond donors (Lipinski definition) is 1. The molecule has 1 aliphatic heterocycles. The van der Waals surface area contributed by atoms with Gasteiger partial charge in [0.05, 0.1) is 5.92 Å². The molecule has 0 aromatic carbocycles. The normalized spacial score (nSPS) is 33.9. The highest BCUT2D eigenvalue weighted by molar-refractivity contribution is 5.89. The van der Waals surface area contributed by atoms with Crippen molar-refractivity contribution in [2.24, 2.45) is 17.8 Å². The Kier molecular flexibility index (Phi) is 5.35. The van der Waals surface area contributed by atoms with Gasteiger partial charge in [0.1, 0.15) is 0 Å². The summed E-state index contributed by atoms with van der Waals surface area (Å²) in [5.41, 5.74) is 0. The van der Waals surface area contributed by atoms with E-state index in [0.717, 1.165) is 25.7 Å². The summed E-state index contributed by atoms with van der Waals surface area (Å²) in [4.78, 5) is 38.7. The lowest BCUT2D eigenvalue weighted by Crippen LogP contribution is -2.45. The summed E-state index contributed by atoms with van der Waals surface area (Å²) < 4.78 is 5.33. The van der Waals surface area contributed by atoms with Crippen molar-refractivity contribution in [2.45, 2.75) is 77.5 Å². The second-order valence-electron chi connectivity index (χ2n) is 8.14. The largest absolute Gasteiger partial charge is 0.452 e. The van der Waals surface area contributed by atoms with Gasteiger partial charge in [0.2, 0.25) is 5.91 Å². The van der Waals surface area contributed by atoms with E-state index in [2.05, 4.69) is 19.2 Å². The maximum absolute atomic E-state index is 12.5. The third kappa shape index (κ3) is 4.15. The van der Waals surface area contributed by atoms with E-state index in [9.17, 15) is 14.4 Å². The van der Waals surface area contributed by atoms with Crippen molar-refractivity contribution in [3.63, 3.8) is 0 Å². The lowest BCUT2D eigenvalue weighted by atomic mass is 9.77. The number of ether oxygens (including phenoxy) is 1. The first-order valence-corrected chi connectivity index (χ1v) is 9.67. The predicted octanol–water partition coefficient (Wildman–Crippen LogP) is 1.87. The van der Waals surface area contributed by atoms with Crippen LogP contribution in [0.4, 0.5) is 0 Å². The molecular formula is C19H30N2O4. The monoisotopic (exact) mass is 350 g/mol. The van der Waals surface area contributed by atoms with Crippen LogP contribution in [0.15, 0.2) is 0 Å². The third-order valence-electron chi connectivity index (χ3n) is 6.14. The van der Waals surface area contributed by atoms with Gasteiger partial charge in [-0.1, -0.05) is 26.7 Å². The second kappa shape index (κ2) is 7.34. The SMILES string of the molecule is C[C@H]1[C@H](N2C[C@H](C(=O)O[C@@H](C)C(=O)NC3CC3)CC2=O)CCC[C@@H]1C. The van der Waals surface area contributed by atoms with Gasteiger partial charge in [-0.15, -0.1) is 0 Å². The third-order valence-corrected chi connectivity index (χ3v) is 6.14. The smallest absolute Gasteiger partial charge is 0.312 e. The fourth-order valence-corrected chi connectivity index (χ4v) is 4.07. The molecule has 6 heteroatoms. The molecule has 3 aliphatic rings. The van der Waals surface area contributed by atoms with E-state index in [-0.39, 0.29) is 30.3 Å². The van der Waals surface area contributed by atoms with Gasteiger partial charge in [0, 0.05) is 25.0 Å². The van der Waals surface area contributed by atoms with Crippen LogP contribution < -0.4 is 5.32 Å². The van der Waals surface area contributed by atoms with Crippen molar-refractivity contribution in [1.82, 2.24) is 10.2 Å². The number of hydrogen-bond acceptors (Lipinski definition) is 4. The van der Waals surface area contributed by atoms with Gasteiger partial charge in [0.15, 0.2) is 6.10 Å². The van der Waals surface area contributed by atoms with Gasteiger partial charge in [0.25, 0.3) is 5.91 Å². The van der Waals surface area contributed by atoms with Gasteiger partial charge in [-0.2, -0.15) is 0 Å². The molecule has 0 aromatic rings. The number of nitrogens with zero attached hydrogens (tertiary/aromatic N) is 1. The van der Waals surface area contributed by atoms with E-state index in [4.69, 9.17) is 4.74 Å². The molecule has 140 valence electrons. The molecule has 0 spiro atoms. The minimum absolute atomic E-state index is 0.0444. The van der Waals surface area contributed by atoms with E-state index < -0.39 is 18.0 Å². The van der Waals surface area contributed by atoms with Gasteiger partial charge < -0.3 is 15.0 Å². The highest BCUT2D eigenvalue weighted by atomic mass is 16.5. The molecule has 1 N–H and O–H groups in total. The van der Waals surface area contributed by atoms with Crippen molar-refractivity contribution in [1.29, 1.82) is 0 Å². The van der Waals surface area contributed by atoms with E-state index in [1.54, 1.807) is 6.92 Å². The molecule has 2 aliphatic carbocycles. The zero-order chi connectivity index (χ0) is 18.1. The number of carbonyl (C=O) groups is 3. The molecular weight excluding hydrogens is 320 g/mol. The van der Waals surface area contributed by atoms with Crippen molar-refractivity contribution in [2.75, 3.05) is 6.54 Å². The molecule has 1 heterocycles. The summed E-state index contributed by atoms with van der Waals surface area (Å²) >= 11 is 0. The minimum Gasteiger partial charge on any atom is -0.452 e. The Labute approximate surface area is 149 Å². The zero-order valence-corrected chi connectivity index (χ0v) is 15.5. The Hall–Kier alpha value is -1.59. The molecule has 2 amide bonds. The molecule has 2 saturated carbocycles. The number of carbonyl (C=O) groups excluding carboxylic acids is 3. The number of amides is 2. The van der Waals surface area contributed by atoms with Crippen molar-refractivity contribution < 1.29 is 19.1 Å². The van der Waals surface area contributed by atoms with Crippen LogP contribution in [0.5, 0.6) is 0 Å². The second-order valence-corrected chi connectivity index (χ2v) is 8.14. The zero-order valence-electron chi connectivity index (χ0n) is 15.5. The van der Waals surface area contributed by atoms with Crippen LogP contribution in [0.1, 0.15) is 59.3 Å². The molecule has 3 fully saturated rings. The average Bonchev–Trinajstić information content (AvgIpc) is 3.29. The molecule has 5 atom stereocenters. The Morgan fingerprint density at radius 3 is 2.60 bits per heavy atom. The van der Waals surface area contributed by atoms with Crippen molar-refractivity contribution >= 4 is 17.8 Å². The van der Waals surface area contributed by atoms with Crippen molar-refractivity contribution in [3.8, 4) is 0 Å². The van der Waals surface area contributed by atoms with E-state index >= 15 is 0 Å². The average molecular weight is 350 g/mol. The molecule has 1 saturated heterocycles. The van der Waals surface area contributed by atoms with Gasteiger partial charge in [-0.3, -0.25) is 14.4 Å². The van der Waals surface area contributed by atoms with Gasteiger partial charge in [-0.05, 0) is 38.0 Å². The van der Waals surface area contributed by atoms with E-state index in [1.807, 2.05) is 4.90 Å². The molecule has 0 aromatic heterocycles. The molecule has 3 rings (SSSR count). The highest BCUT2D eigenvalue weighted by Gasteiger charge is 2.42. The predicted molar refractivity (Wildman–Crippen MR) is 92.5 cm³/mol. The molecule has 6 nitrogen and oxygen atoms in total. The number of rotatable bonds is 5. The van der Waals surface area contributed by atoms with Crippen LogP contribution in [0.25, 0.3) is 0 Å². The summed E-state index contributed by atoms with van der Waals surface area (Å²) in [5, 5.41) is 2.84. The van der Waals surface area contributed by atoms with Crippen LogP contribution in [-0.4, -0.2) is 47.4 Å². The van der Waals surface area contributed by atoms with E-state index in [1.165, 1.54) is 6.42 Å². The highest BCUT2D eigenvalue weighted by Crippen LogP contribution is 2.36. The molecule has 0 bridgehead atoms. The fraction of sp³-hybridized carbons (Fsp3) is 0.842. The maximum Gasteiger partial charge on any atom is 0.312 e. The maximum atomic E-state index is 12.5. The summed E-state index contributed by atoms with van der Waals surface area (Å²) in [6, 6.07) is 0.469. The summed E-state index contributed by atoms with van der Waals surface area (Å²) in [6.07, 6.45) is 4.75. The Balaban J connectivity index is 1.54. The van der Waals surface area contributed by atoms with Crippen molar-refractivity contribution in [3.05, 3.63) is 0 Å². The summed E-state index contributed by atoms with van der Waals surface area (Å²) in [5.74, 6) is -0.0203. The van der Waals surface area contributed by atoms with Crippen LogP contribution in [0.3, 0.4) is 0 Å². The number of likely N-dealkylation sites (tertiary alicyclic amines) is 1.